The van der Waals surface area contributed by atoms with Crippen molar-refractivity contribution in [2.45, 2.75) is 32.4 Å². The van der Waals surface area contributed by atoms with Gasteiger partial charge >= 0.3 is 0 Å². The SMILES string of the molecule is NC[C@H]1CCC[C@H]1C(=O)NCc1ccccc1-c1ccc(Cn2cccn2)cc1. The summed E-state index contributed by atoms with van der Waals surface area (Å²) >= 11 is 0. The van der Waals surface area contributed by atoms with Gasteiger partial charge in [0.1, 0.15) is 0 Å². The van der Waals surface area contributed by atoms with Crippen molar-refractivity contribution in [2.75, 3.05) is 6.54 Å². The Morgan fingerprint density at radius 1 is 1.10 bits per heavy atom. The molecule has 1 aliphatic carbocycles. The van der Waals surface area contributed by atoms with Crippen LogP contribution >= 0.6 is 0 Å². The number of aromatic nitrogens is 2. The molecule has 2 atom stereocenters. The minimum atomic E-state index is 0.0636. The van der Waals surface area contributed by atoms with Gasteiger partial charge in [-0.3, -0.25) is 9.48 Å². The molecule has 29 heavy (non-hydrogen) atoms. The quantitative estimate of drug-likeness (QED) is 0.650. The molecule has 0 aliphatic heterocycles. The second-order valence-electron chi connectivity index (χ2n) is 7.81. The van der Waals surface area contributed by atoms with Crippen LogP contribution < -0.4 is 11.1 Å². The van der Waals surface area contributed by atoms with Gasteiger partial charge in [0.25, 0.3) is 0 Å². The minimum Gasteiger partial charge on any atom is -0.352 e. The molecule has 3 aromatic rings. The summed E-state index contributed by atoms with van der Waals surface area (Å²) in [6.07, 6.45) is 6.87. The Hall–Kier alpha value is -2.92. The first-order valence-corrected chi connectivity index (χ1v) is 10.4. The van der Waals surface area contributed by atoms with Gasteiger partial charge in [0.15, 0.2) is 0 Å². The third-order valence-electron chi connectivity index (χ3n) is 5.94. The zero-order valence-corrected chi connectivity index (χ0v) is 16.6. The van der Waals surface area contributed by atoms with E-state index < -0.39 is 0 Å². The maximum absolute atomic E-state index is 12.7. The smallest absolute Gasteiger partial charge is 0.223 e. The van der Waals surface area contributed by atoms with Crippen LogP contribution in [0.15, 0.2) is 67.0 Å². The number of hydrogen-bond acceptors (Lipinski definition) is 3. The first-order valence-electron chi connectivity index (χ1n) is 10.4. The van der Waals surface area contributed by atoms with Crippen LogP contribution in [0.3, 0.4) is 0 Å². The molecule has 3 N–H and O–H groups in total. The normalized spacial score (nSPS) is 18.7. The predicted octanol–water partition coefficient (Wildman–Crippen LogP) is 3.59. The van der Waals surface area contributed by atoms with Crippen LogP contribution in [-0.4, -0.2) is 22.2 Å². The van der Waals surface area contributed by atoms with Gasteiger partial charge in [0, 0.05) is 24.9 Å². The van der Waals surface area contributed by atoms with Crippen LogP contribution in [0.2, 0.25) is 0 Å². The lowest BCUT2D eigenvalue weighted by atomic mass is 9.95. The van der Waals surface area contributed by atoms with Crippen molar-refractivity contribution >= 4 is 5.91 Å². The van der Waals surface area contributed by atoms with Crippen molar-refractivity contribution in [3.05, 3.63) is 78.1 Å². The Morgan fingerprint density at radius 2 is 1.93 bits per heavy atom. The van der Waals surface area contributed by atoms with Crippen molar-refractivity contribution in [3.63, 3.8) is 0 Å². The second-order valence-corrected chi connectivity index (χ2v) is 7.81. The third-order valence-corrected chi connectivity index (χ3v) is 5.94. The average molecular weight is 389 g/mol. The number of carbonyl (C=O) groups excluding carboxylic acids is 1. The fraction of sp³-hybridized carbons (Fsp3) is 0.333. The summed E-state index contributed by atoms with van der Waals surface area (Å²) in [5, 5.41) is 7.41. The van der Waals surface area contributed by atoms with E-state index in [2.05, 4.69) is 46.8 Å². The van der Waals surface area contributed by atoms with Gasteiger partial charge in [-0.1, -0.05) is 55.0 Å². The Morgan fingerprint density at radius 3 is 2.69 bits per heavy atom. The van der Waals surface area contributed by atoms with Crippen LogP contribution in [0, 0.1) is 11.8 Å². The van der Waals surface area contributed by atoms with Gasteiger partial charge in [-0.15, -0.1) is 0 Å². The summed E-state index contributed by atoms with van der Waals surface area (Å²) in [6.45, 7) is 1.89. The highest BCUT2D eigenvalue weighted by atomic mass is 16.1. The van der Waals surface area contributed by atoms with Crippen molar-refractivity contribution in [1.82, 2.24) is 15.1 Å². The third kappa shape index (κ3) is 4.57. The minimum absolute atomic E-state index is 0.0636. The van der Waals surface area contributed by atoms with Crippen molar-refractivity contribution in [1.29, 1.82) is 0 Å². The van der Waals surface area contributed by atoms with Crippen LogP contribution in [0.4, 0.5) is 0 Å². The number of rotatable bonds is 7. The van der Waals surface area contributed by atoms with E-state index in [1.807, 2.05) is 29.1 Å². The lowest BCUT2D eigenvalue weighted by molar-refractivity contribution is -0.126. The number of nitrogens with zero attached hydrogens (tertiary/aromatic N) is 2. The van der Waals surface area contributed by atoms with Gasteiger partial charge < -0.3 is 11.1 Å². The van der Waals surface area contributed by atoms with Crippen LogP contribution in [0.1, 0.15) is 30.4 Å². The van der Waals surface area contributed by atoms with E-state index in [4.69, 9.17) is 5.73 Å². The standard InChI is InChI=1S/C24H28N4O/c25-15-20-6-3-8-23(20)24(29)26-16-21-5-1-2-7-22(21)19-11-9-18(10-12-19)17-28-14-4-13-27-28/h1-2,4-5,7,9-14,20,23H,3,6,8,15-17,25H2,(H,26,29)/t20-,23-/m1/s1. The van der Waals surface area contributed by atoms with Crippen LogP contribution in [0.5, 0.6) is 0 Å². The molecule has 4 rings (SSSR count). The first kappa shape index (κ1) is 19.4. The van der Waals surface area contributed by atoms with Crippen LogP contribution in [-0.2, 0) is 17.9 Å². The highest BCUT2D eigenvalue weighted by Gasteiger charge is 2.31. The van der Waals surface area contributed by atoms with Gasteiger partial charge in [0.05, 0.1) is 6.54 Å². The summed E-state index contributed by atoms with van der Waals surface area (Å²) < 4.78 is 1.91. The van der Waals surface area contributed by atoms with Crippen molar-refractivity contribution in [2.24, 2.45) is 17.6 Å². The zero-order chi connectivity index (χ0) is 20.1. The highest BCUT2D eigenvalue weighted by molar-refractivity contribution is 5.79. The maximum Gasteiger partial charge on any atom is 0.223 e. The van der Waals surface area contributed by atoms with E-state index >= 15 is 0 Å². The molecule has 1 aromatic heterocycles. The first-order chi connectivity index (χ1) is 14.2. The van der Waals surface area contributed by atoms with Gasteiger partial charge in [-0.2, -0.15) is 5.10 Å². The molecule has 1 amide bonds. The van der Waals surface area contributed by atoms with Gasteiger partial charge in [-0.05, 0) is 53.6 Å². The predicted molar refractivity (Wildman–Crippen MR) is 115 cm³/mol. The summed E-state index contributed by atoms with van der Waals surface area (Å²) in [7, 11) is 0. The molecular weight excluding hydrogens is 360 g/mol. The molecule has 150 valence electrons. The van der Waals surface area contributed by atoms with Crippen molar-refractivity contribution < 1.29 is 4.79 Å². The van der Waals surface area contributed by atoms with Crippen molar-refractivity contribution in [3.8, 4) is 11.1 Å². The maximum atomic E-state index is 12.7. The van der Waals surface area contributed by atoms with Gasteiger partial charge in [0.2, 0.25) is 5.91 Å². The Labute approximate surface area is 171 Å². The Kier molecular flexibility index (Phi) is 6.06. The number of hydrogen-bond donors (Lipinski definition) is 2. The fourth-order valence-electron chi connectivity index (χ4n) is 4.30. The van der Waals surface area contributed by atoms with Crippen LogP contribution in [0.25, 0.3) is 11.1 Å². The molecule has 0 saturated heterocycles. The number of nitrogens with two attached hydrogens (primary N) is 1. The molecule has 0 bridgehead atoms. The van der Waals surface area contributed by atoms with E-state index in [1.54, 1.807) is 6.20 Å². The second kappa shape index (κ2) is 9.05. The van der Waals surface area contributed by atoms with E-state index in [1.165, 1.54) is 5.56 Å². The topological polar surface area (TPSA) is 72.9 Å². The summed E-state index contributed by atoms with van der Waals surface area (Å²) in [5.74, 6) is 0.531. The molecule has 1 aliphatic rings. The largest absolute Gasteiger partial charge is 0.352 e. The average Bonchev–Trinajstić information content (AvgIpc) is 3.44. The lowest BCUT2D eigenvalue weighted by Gasteiger charge is -2.18. The number of carbonyl (C=O) groups is 1. The van der Waals surface area contributed by atoms with Gasteiger partial charge in [-0.25, -0.2) is 0 Å². The molecule has 1 fully saturated rings. The summed E-state index contributed by atoms with van der Waals surface area (Å²) in [6, 6.07) is 18.7. The molecular formula is C24H28N4O. The van der Waals surface area contributed by atoms with E-state index in [9.17, 15) is 4.79 Å². The zero-order valence-electron chi connectivity index (χ0n) is 16.6. The monoisotopic (exact) mass is 388 g/mol. The van der Waals surface area contributed by atoms with E-state index in [-0.39, 0.29) is 11.8 Å². The molecule has 1 saturated carbocycles. The van der Waals surface area contributed by atoms with E-state index in [0.717, 1.165) is 42.5 Å². The number of benzene rings is 2. The summed E-state index contributed by atoms with van der Waals surface area (Å²) in [4.78, 5) is 12.7. The molecule has 1 heterocycles. The fourth-order valence-corrected chi connectivity index (χ4v) is 4.30. The Balaban J connectivity index is 1.44. The Bertz CT molecular complexity index is 934. The lowest BCUT2D eigenvalue weighted by Crippen LogP contribution is -2.34. The highest BCUT2D eigenvalue weighted by Crippen LogP contribution is 2.31. The summed E-state index contributed by atoms with van der Waals surface area (Å²) in [5.41, 5.74) is 10.5. The molecule has 5 heteroatoms. The van der Waals surface area contributed by atoms with E-state index in [0.29, 0.717) is 19.0 Å². The molecule has 0 radical (unpaired) electrons. The molecule has 0 spiro atoms. The number of amides is 1. The molecule has 0 unspecified atom stereocenters. The number of nitrogens with one attached hydrogen (secondary N) is 1. The molecule has 5 nitrogen and oxygen atoms in total. The molecule has 2 aromatic carbocycles.